The molecule has 0 spiro atoms. The predicted octanol–water partition coefficient (Wildman–Crippen LogP) is 2.14. The van der Waals surface area contributed by atoms with Gasteiger partial charge in [0.05, 0.1) is 24.8 Å². The first-order valence-electron chi connectivity index (χ1n) is 8.13. The van der Waals surface area contributed by atoms with E-state index in [0.717, 1.165) is 19.4 Å². The largest absolute Gasteiger partial charge is 0.463 e. The van der Waals surface area contributed by atoms with Crippen LogP contribution in [0.4, 0.5) is 4.39 Å². The molecule has 132 valence electrons. The van der Waals surface area contributed by atoms with E-state index in [2.05, 4.69) is 10.3 Å². The number of aliphatic imine (C=N–C) groups is 1. The lowest BCUT2D eigenvalue weighted by molar-refractivity contribution is 0.0911. The Morgan fingerprint density at radius 1 is 1.42 bits per heavy atom. The Balaban J connectivity index is 1.96. The SMILES string of the molecule is CCOCCOC(=NCC1CCCO1)NC(=O)c1ccccc1F. The number of nitrogens with zero attached hydrogens (tertiary/aromatic N) is 1. The molecule has 1 saturated heterocycles. The third kappa shape index (κ3) is 5.90. The van der Waals surface area contributed by atoms with E-state index in [0.29, 0.717) is 19.8 Å². The molecule has 2 rings (SSSR count). The topological polar surface area (TPSA) is 69.2 Å². The third-order valence-electron chi connectivity index (χ3n) is 3.47. The molecule has 1 aliphatic rings. The van der Waals surface area contributed by atoms with Crippen molar-refractivity contribution in [3.05, 3.63) is 35.6 Å². The van der Waals surface area contributed by atoms with Gasteiger partial charge >= 0.3 is 0 Å². The van der Waals surface area contributed by atoms with E-state index in [1.54, 1.807) is 6.07 Å². The summed E-state index contributed by atoms with van der Waals surface area (Å²) in [5.74, 6) is -1.20. The second kappa shape index (κ2) is 10.00. The molecule has 0 aromatic heterocycles. The van der Waals surface area contributed by atoms with E-state index in [4.69, 9.17) is 14.2 Å². The van der Waals surface area contributed by atoms with Gasteiger partial charge in [-0.1, -0.05) is 12.1 Å². The Morgan fingerprint density at radius 3 is 2.96 bits per heavy atom. The number of halogens is 1. The smallest absolute Gasteiger partial charge is 0.291 e. The van der Waals surface area contributed by atoms with E-state index >= 15 is 0 Å². The predicted molar refractivity (Wildman–Crippen MR) is 87.6 cm³/mol. The summed E-state index contributed by atoms with van der Waals surface area (Å²) in [7, 11) is 0. The number of carbonyl (C=O) groups excluding carboxylic acids is 1. The Morgan fingerprint density at radius 2 is 2.25 bits per heavy atom. The van der Waals surface area contributed by atoms with Crippen LogP contribution in [0.25, 0.3) is 0 Å². The maximum Gasteiger partial charge on any atom is 0.291 e. The standard InChI is InChI=1S/C17H23FN2O4/c1-2-22-10-11-24-17(19-12-13-6-5-9-23-13)20-16(21)14-7-3-4-8-15(14)18/h3-4,7-8,13H,2,5-6,9-12H2,1H3,(H,19,20,21). The highest BCUT2D eigenvalue weighted by Crippen LogP contribution is 2.12. The normalized spacial score (nSPS) is 17.8. The summed E-state index contributed by atoms with van der Waals surface area (Å²) in [6.45, 7) is 4.20. The number of amides is 1. The van der Waals surface area contributed by atoms with Crippen molar-refractivity contribution in [2.75, 3.05) is 33.0 Å². The van der Waals surface area contributed by atoms with Gasteiger partial charge in [0.2, 0.25) is 0 Å². The van der Waals surface area contributed by atoms with Crippen LogP contribution in [0, 0.1) is 5.82 Å². The van der Waals surface area contributed by atoms with Gasteiger partial charge in [0.15, 0.2) is 0 Å². The van der Waals surface area contributed by atoms with Crippen LogP contribution in [-0.2, 0) is 14.2 Å². The lowest BCUT2D eigenvalue weighted by Gasteiger charge is -2.12. The Bertz CT molecular complexity index is 559. The molecule has 1 fully saturated rings. The minimum atomic E-state index is -0.601. The van der Waals surface area contributed by atoms with Gasteiger partial charge in [-0.05, 0) is 31.9 Å². The van der Waals surface area contributed by atoms with E-state index in [1.165, 1.54) is 18.2 Å². The van der Waals surface area contributed by atoms with Crippen LogP contribution < -0.4 is 5.32 Å². The third-order valence-corrected chi connectivity index (χ3v) is 3.47. The maximum atomic E-state index is 13.7. The van der Waals surface area contributed by atoms with Crippen LogP contribution in [0.3, 0.4) is 0 Å². The molecular weight excluding hydrogens is 315 g/mol. The summed E-state index contributed by atoms with van der Waals surface area (Å²) in [5, 5.41) is 2.51. The molecule has 0 bridgehead atoms. The highest BCUT2D eigenvalue weighted by Gasteiger charge is 2.17. The summed E-state index contributed by atoms with van der Waals surface area (Å²) in [5.41, 5.74) is -0.0595. The van der Waals surface area contributed by atoms with Gasteiger partial charge in [-0.2, -0.15) is 0 Å². The summed E-state index contributed by atoms with van der Waals surface area (Å²) in [6.07, 6.45) is 1.96. The zero-order valence-electron chi connectivity index (χ0n) is 13.8. The van der Waals surface area contributed by atoms with Crippen LogP contribution in [0.5, 0.6) is 0 Å². The van der Waals surface area contributed by atoms with Gasteiger partial charge in [0.25, 0.3) is 11.9 Å². The van der Waals surface area contributed by atoms with Crippen molar-refractivity contribution in [1.82, 2.24) is 5.32 Å². The Labute approximate surface area is 141 Å². The molecule has 0 saturated carbocycles. The number of benzene rings is 1. The van der Waals surface area contributed by atoms with Crippen molar-refractivity contribution >= 4 is 11.9 Å². The fourth-order valence-electron chi connectivity index (χ4n) is 2.25. The molecule has 1 amide bonds. The van der Waals surface area contributed by atoms with Crippen LogP contribution in [0.1, 0.15) is 30.1 Å². The average Bonchev–Trinajstić information content (AvgIpc) is 3.10. The second-order valence-corrected chi connectivity index (χ2v) is 5.26. The van der Waals surface area contributed by atoms with E-state index in [9.17, 15) is 9.18 Å². The highest BCUT2D eigenvalue weighted by molar-refractivity contribution is 6.04. The van der Waals surface area contributed by atoms with Crippen molar-refractivity contribution in [2.45, 2.75) is 25.9 Å². The van der Waals surface area contributed by atoms with E-state index in [1.807, 2.05) is 6.92 Å². The molecule has 1 aromatic rings. The number of hydrogen-bond donors (Lipinski definition) is 1. The van der Waals surface area contributed by atoms with Crippen LogP contribution in [0.15, 0.2) is 29.3 Å². The maximum absolute atomic E-state index is 13.7. The Hall–Kier alpha value is -1.99. The van der Waals surface area contributed by atoms with Crippen molar-refractivity contribution in [1.29, 1.82) is 0 Å². The molecule has 24 heavy (non-hydrogen) atoms. The zero-order valence-corrected chi connectivity index (χ0v) is 13.8. The molecule has 1 heterocycles. The molecule has 0 radical (unpaired) electrons. The van der Waals surface area contributed by atoms with Crippen LogP contribution >= 0.6 is 0 Å². The quantitative estimate of drug-likeness (QED) is 0.470. The molecule has 1 aliphatic heterocycles. The minimum Gasteiger partial charge on any atom is -0.463 e. The molecule has 0 aliphatic carbocycles. The van der Waals surface area contributed by atoms with Crippen molar-refractivity contribution < 1.29 is 23.4 Å². The average molecular weight is 338 g/mol. The lowest BCUT2D eigenvalue weighted by atomic mass is 10.2. The van der Waals surface area contributed by atoms with Gasteiger partial charge in [-0.3, -0.25) is 10.1 Å². The van der Waals surface area contributed by atoms with E-state index < -0.39 is 11.7 Å². The van der Waals surface area contributed by atoms with Crippen LogP contribution in [0.2, 0.25) is 0 Å². The molecule has 1 unspecified atom stereocenters. The lowest BCUT2D eigenvalue weighted by Crippen LogP contribution is -2.34. The first kappa shape index (κ1) is 18.4. The number of amidine groups is 1. The number of ether oxygens (including phenoxy) is 3. The number of rotatable bonds is 7. The first-order valence-corrected chi connectivity index (χ1v) is 8.13. The highest BCUT2D eigenvalue weighted by atomic mass is 19.1. The van der Waals surface area contributed by atoms with Gasteiger partial charge < -0.3 is 14.2 Å². The van der Waals surface area contributed by atoms with Gasteiger partial charge in [0, 0.05) is 13.2 Å². The van der Waals surface area contributed by atoms with Crippen molar-refractivity contribution in [3.8, 4) is 0 Å². The van der Waals surface area contributed by atoms with Gasteiger partial charge in [-0.25, -0.2) is 9.38 Å². The Kier molecular flexibility index (Phi) is 7.64. The molecule has 1 atom stereocenters. The van der Waals surface area contributed by atoms with Crippen molar-refractivity contribution in [3.63, 3.8) is 0 Å². The van der Waals surface area contributed by atoms with Crippen molar-refractivity contribution in [2.24, 2.45) is 4.99 Å². The number of nitrogens with one attached hydrogen (secondary N) is 1. The van der Waals surface area contributed by atoms with Gasteiger partial charge in [-0.15, -0.1) is 0 Å². The summed E-state index contributed by atoms with van der Waals surface area (Å²) >= 11 is 0. The molecule has 1 N–H and O–H groups in total. The summed E-state index contributed by atoms with van der Waals surface area (Å²) in [6, 6.07) is 5.81. The fraction of sp³-hybridized carbons (Fsp3) is 0.529. The number of hydrogen-bond acceptors (Lipinski definition) is 5. The monoisotopic (exact) mass is 338 g/mol. The first-order chi connectivity index (χ1) is 11.7. The number of carbonyl (C=O) groups is 1. The fourth-order valence-corrected chi connectivity index (χ4v) is 2.25. The van der Waals surface area contributed by atoms with E-state index in [-0.39, 0.29) is 24.3 Å². The van der Waals surface area contributed by atoms with Crippen LogP contribution in [-0.4, -0.2) is 51.0 Å². The minimum absolute atomic E-state index is 0.0286. The molecule has 1 aromatic carbocycles. The molecule has 6 nitrogen and oxygen atoms in total. The summed E-state index contributed by atoms with van der Waals surface area (Å²) < 4.78 is 29.8. The zero-order chi connectivity index (χ0) is 17.2. The molecular formula is C17H23FN2O4. The molecule has 7 heteroatoms. The van der Waals surface area contributed by atoms with Gasteiger partial charge in [0.1, 0.15) is 12.4 Å². The summed E-state index contributed by atoms with van der Waals surface area (Å²) in [4.78, 5) is 16.4. The second-order valence-electron chi connectivity index (χ2n) is 5.26.